The number of hydrogen-bond donors (Lipinski definition) is 0. The topological polar surface area (TPSA) is 33.2 Å². The highest BCUT2D eigenvalue weighted by Gasteiger charge is 2.31. The second-order valence-corrected chi connectivity index (χ2v) is 5.26. The van der Waals surface area contributed by atoms with E-state index in [0.29, 0.717) is 0 Å². The predicted octanol–water partition coefficient (Wildman–Crippen LogP) is 3.37. The zero-order valence-corrected chi connectivity index (χ0v) is 11.6. The highest BCUT2D eigenvalue weighted by atomic mass is 16.2. The lowest BCUT2D eigenvalue weighted by Crippen LogP contribution is -2.31. The Labute approximate surface area is 119 Å². The van der Waals surface area contributed by atoms with Crippen LogP contribution in [0.25, 0.3) is 0 Å². The maximum atomic E-state index is 12.8. The van der Waals surface area contributed by atoms with E-state index in [1.807, 2.05) is 48.4 Å². The molecule has 0 radical (unpaired) electrons. The van der Waals surface area contributed by atoms with Gasteiger partial charge in [-0.3, -0.25) is 9.78 Å². The number of likely N-dealkylation sites (tertiary alicyclic amines) is 1. The summed E-state index contributed by atoms with van der Waals surface area (Å²) in [7, 11) is 0. The predicted molar refractivity (Wildman–Crippen MR) is 78.4 cm³/mol. The standard InChI is InChI=1S/C17H18N2O/c1-13-6-2-3-8-15(13)17(20)19-11-5-9-16(19)14-7-4-10-18-12-14/h2-4,6-8,10,12,16H,5,9,11H2,1H3. The third-order valence-corrected chi connectivity index (χ3v) is 3.96. The number of benzene rings is 1. The minimum absolute atomic E-state index is 0.134. The van der Waals surface area contributed by atoms with E-state index in [9.17, 15) is 4.79 Å². The van der Waals surface area contributed by atoms with Crippen molar-refractivity contribution in [3.05, 3.63) is 65.5 Å². The van der Waals surface area contributed by atoms with Crippen molar-refractivity contribution in [1.29, 1.82) is 0 Å². The van der Waals surface area contributed by atoms with E-state index in [4.69, 9.17) is 0 Å². The second kappa shape index (κ2) is 5.45. The summed E-state index contributed by atoms with van der Waals surface area (Å²) in [5.41, 5.74) is 2.98. The summed E-state index contributed by atoms with van der Waals surface area (Å²) in [5, 5.41) is 0. The lowest BCUT2D eigenvalue weighted by atomic mass is 10.0. The number of amides is 1. The molecule has 1 aromatic heterocycles. The molecular formula is C17H18N2O. The molecule has 0 bridgehead atoms. The molecule has 2 aromatic rings. The van der Waals surface area contributed by atoms with E-state index < -0.39 is 0 Å². The van der Waals surface area contributed by atoms with E-state index in [1.54, 1.807) is 6.20 Å². The number of nitrogens with zero attached hydrogens (tertiary/aromatic N) is 2. The molecule has 0 aliphatic carbocycles. The first-order valence-electron chi connectivity index (χ1n) is 7.04. The molecule has 20 heavy (non-hydrogen) atoms. The summed E-state index contributed by atoms with van der Waals surface area (Å²) in [6, 6.07) is 11.9. The molecule has 1 fully saturated rings. The zero-order valence-electron chi connectivity index (χ0n) is 11.6. The van der Waals surface area contributed by atoms with Crippen LogP contribution < -0.4 is 0 Å². The molecule has 2 heterocycles. The Kier molecular flexibility index (Phi) is 3.50. The van der Waals surface area contributed by atoms with Gasteiger partial charge in [0.25, 0.3) is 5.91 Å². The van der Waals surface area contributed by atoms with Gasteiger partial charge in [-0.1, -0.05) is 24.3 Å². The maximum absolute atomic E-state index is 12.8. The van der Waals surface area contributed by atoms with Crippen LogP contribution in [0.5, 0.6) is 0 Å². The van der Waals surface area contributed by atoms with Crippen molar-refractivity contribution in [2.24, 2.45) is 0 Å². The summed E-state index contributed by atoms with van der Waals surface area (Å²) in [5.74, 6) is 0.134. The van der Waals surface area contributed by atoms with Crippen LogP contribution in [0.4, 0.5) is 0 Å². The molecule has 102 valence electrons. The molecule has 1 saturated heterocycles. The minimum atomic E-state index is 0.134. The van der Waals surface area contributed by atoms with Crippen LogP contribution in [0, 0.1) is 6.92 Å². The first-order valence-corrected chi connectivity index (χ1v) is 7.04. The van der Waals surface area contributed by atoms with Gasteiger partial charge in [-0.2, -0.15) is 0 Å². The van der Waals surface area contributed by atoms with Crippen LogP contribution in [-0.2, 0) is 0 Å². The van der Waals surface area contributed by atoms with E-state index in [-0.39, 0.29) is 11.9 Å². The van der Waals surface area contributed by atoms with Crippen molar-refractivity contribution in [3.63, 3.8) is 0 Å². The Morgan fingerprint density at radius 1 is 1.25 bits per heavy atom. The van der Waals surface area contributed by atoms with E-state index in [0.717, 1.165) is 36.1 Å². The highest BCUT2D eigenvalue weighted by Crippen LogP contribution is 2.32. The Bertz CT molecular complexity index is 609. The Morgan fingerprint density at radius 3 is 2.85 bits per heavy atom. The number of rotatable bonds is 2. The molecule has 3 heteroatoms. The van der Waals surface area contributed by atoms with Crippen molar-refractivity contribution in [1.82, 2.24) is 9.88 Å². The van der Waals surface area contributed by atoms with Crippen LogP contribution in [0.1, 0.15) is 40.4 Å². The number of aromatic nitrogens is 1. The van der Waals surface area contributed by atoms with Crippen molar-refractivity contribution < 1.29 is 4.79 Å². The molecule has 1 amide bonds. The number of carbonyl (C=O) groups excluding carboxylic acids is 1. The molecule has 1 unspecified atom stereocenters. The monoisotopic (exact) mass is 266 g/mol. The first kappa shape index (κ1) is 12.9. The zero-order chi connectivity index (χ0) is 13.9. The Morgan fingerprint density at radius 2 is 2.10 bits per heavy atom. The van der Waals surface area contributed by atoms with Crippen LogP contribution in [-0.4, -0.2) is 22.3 Å². The number of aryl methyl sites for hydroxylation is 1. The fourth-order valence-corrected chi connectivity index (χ4v) is 2.90. The van der Waals surface area contributed by atoms with Gasteiger partial charge in [0.05, 0.1) is 6.04 Å². The summed E-state index contributed by atoms with van der Waals surface area (Å²) >= 11 is 0. The van der Waals surface area contributed by atoms with Gasteiger partial charge < -0.3 is 4.90 Å². The third kappa shape index (κ3) is 2.31. The molecule has 1 aromatic carbocycles. The third-order valence-electron chi connectivity index (χ3n) is 3.96. The molecule has 1 aliphatic rings. The molecule has 1 aliphatic heterocycles. The van der Waals surface area contributed by atoms with Crippen LogP contribution in [0.15, 0.2) is 48.8 Å². The lowest BCUT2D eigenvalue weighted by molar-refractivity contribution is 0.0734. The van der Waals surface area contributed by atoms with Crippen LogP contribution >= 0.6 is 0 Å². The van der Waals surface area contributed by atoms with Crippen molar-refractivity contribution in [3.8, 4) is 0 Å². The second-order valence-electron chi connectivity index (χ2n) is 5.26. The fraction of sp³-hybridized carbons (Fsp3) is 0.294. The van der Waals surface area contributed by atoms with Gasteiger partial charge in [0.2, 0.25) is 0 Å². The molecule has 3 nitrogen and oxygen atoms in total. The molecule has 1 atom stereocenters. The van der Waals surface area contributed by atoms with Gasteiger partial charge in [-0.25, -0.2) is 0 Å². The molecule has 0 saturated carbocycles. The van der Waals surface area contributed by atoms with Crippen molar-refractivity contribution in [2.75, 3.05) is 6.54 Å². The Hall–Kier alpha value is -2.16. The Balaban J connectivity index is 1.90. The smallest absolute Gasteiger partial charge is 0.254 e. The van der Waals surface area contributed by atoms with E-state index in [1.165, 1.54) is 0 Å². The lowest BCUT2D eigenvalue weighted by Gasteiger charge is -2.25. The van der Waals surface area contributed by atoms with Crippen LogP contribution in [0.3, 0.4) is 0 Å². The number of hydrogen-bond acceptors (Lipinski definition) is 2. The fourth-order valence-electron chi connectivity index (χ4n) is 2.90. The SMILES string of the molecule is Cc1ccccc1C(=O)N1CCCC1c1cccnc1. The maximum Gasteiger partial charge on any atom is 0.254 e. The largest absolute Gasteiger partial charge is 0.332 e. The van der Waals surface area contributed by atoms with Gasteiger partial charge in [0.15, 0.2) is 0 Å². The number of carbonyl (C=O) groups is 1. The molecule has 3 rings (SSSR count). The quantitative estimate of drug-likeness (QED) is 0.835. The highest BCUT2D eigenvalue weighted by molar-refractivity contribution is 5.96. The molecular weight excluding hydrogens is 248 g/mol. The van der Waals surface area contributed by atoms with Crippen molar-refractivity contribution in [2.45, 2.75) is 25.8 Å². The van der Waals surface area contributed by atoms with Gasteiger partial charge >= 0.3 is 0 Å². The van der Waals surface area contributed by atoms with E-state index in [2.05, 4.69) is 11.1 Å². The summed E-state index contributed by atoms with van der Waals surface area (Å²) in [4.78, 5) is 18.9. The summed E-state index contributed by atoms with van der Waals surface area (Å²) in [6.45, 7) is 2.81. The van der Waals surface area contributed by atoms with Gasteiger partial charge in [-0.05, 0) is 43.0 Å². The van der Waals surface area contributed by atoms with Gasteiger partial charge in [0, 0.05) is 24.5 Å². The van der Waals surface area contributed by atoms with Crippen molar-refractivity contribution >= 4 is 5.91 Å². The summed E-state index contributed by atoms with van der Waals surface area (Å²) in [6.07, 6.45) is 5.71. The minimum Gasteiger partial charge on any atom is -0.332 e. The summed E-state index contributed by atoms with van der Waals surface area (Å²) < 4.78 is 0. The van der Waals surface area contributed by atoms with Crippen LogP contribution in [0.2, 0.25) is 0 Å². The average molecular weight is 266 g/mol. The number of pyridine rings is 1. The van der Waals surface area contributed by atoms with E-state index >= 15 is 0 Å². The molecule has 0 spiro atoms. The first-order chi connectivity index (χ1) is 9.77. The van der Waals surface area contributed by atoms with Gasteiger partial charge in [0.1, 0.15) is 0 Å². The average Bonchev–Trinajstić information content (AvgIpc) is 2.97. The molecule has 0 N–H and O–H groups in total. The van der Waals surface area contributed by atoms with Gasteiger partial charge in [-0.15, -0.1) is 0 Å². The normalized spacial score (nSPS) is 18.2.